The van der Waals surface area contributed by atoms with Gasteiger partial charge in [0, 0.05) is 25.2 Å². The summed E-state index contributed by atoms with van der Waals surface area (Å²) in [5, 5.41) is 6.11. The third-order valence-corrected chi connectivity index (χ3v) is 4.33. The molecule has 0 saturated carbocycles. The molecule has 1 aromatic carbocycles. The van der Waals surface area contributed by atoms with Crippen LogP contribution in [0.25, 0.3) is 0 Å². The molecule has 2 rings (SSSR count). The summed E-state index contributed by atoms with van der Waals surface area (Å²) >= 11 is 5.20. The number of carbonyl (C=O) groups is 2. The lowest BCUT2D eigenvalue weighted by Crippen LogP contribution is -2.45. The molecule has 0 spiro atoms. The molecule has 0 bridgehead atoms. The molecular formula is C19H27N3O3S. The molecule has 7 heteroatoms. The molecule has 1 saturated heterocycles. The van der Waals surface area contributed by atoms with Crippen LogP contribution in [0.3, 0.4) is 0 Å². The van der Waals surface area contributed by atoms with Crippen LogP contribution in [0.5, 0.6) is 0 Å². The van der Waals surface area contributed by atoms with E-state index in [1.54, 1.807) is 17.0 Å². The number of carbonyl (C=O) groups excluding carboxylic acids is 2. The summed E-state index contributed by atoms with van der Waals surface area (Å²) in [5.41, 5.74) is 0.0980. The number of likely N-dealkylation sites (tertiary alicyclic amines) is 1. The SMILES string of the molecule is CC(C)(C)OC(=O)N1CCC(CNC(=S)NC(=O)c2ccccc2)CC1. The molecule has 0 atom stereocenters. The van der Waals surface area contributed by atoms with Crippen molar-refractivity contribution in [3.8, 4) is 0 Å². The highest BCUT2D eigenvalue weighted by Crippen LogP contribution is 2.19. The maximum Gasteiger partial charge on any atom is 0.410 e. The zero-order valence-electron chi connectivity index (χ0n) is 15.6. The average molecular weight is 378 g/mol. The van der Waals surface area contributed by atoms with E-state index >= 15 is 0 Å². The summed E-state index contributed by atoms with van der Waals surface area (Å²) in [4.78, 5) is 25.9. The monoisotopic (exact) mass is 377 g/mol. The Morgan fingerprint density at radius 3 is 2.38 bits per heavy atom. The van der Waals surface area contributed by atoms with Crippen molar-refractivity contribution in [1.82, 2.24) is 15.5 Å². The van der Waals surface area contributed by atoms with Crippen LogP contribution in [0.15, 0.2) is 30.3 Å². The van der Waals surface area contributed by atoms with Crippen molar-refractivity contribution in [2.75, 3.05) is 19.6 Å². The number of nitrogens with one attached hydrogen (secondary N) is 2. The first-order valence-electron chi connectivity index (χ1n) is 8.87. The summed E-state index contributed by atoms with van der Waals surface area (Å²) in [5.74, 6) is 0.183. The molecule has 1 aliphatic rings. The molecule has 1 aromatic rings. The summed E-state index contributed by atoms with van der Waals surface area (Å²) < 4.78 is 5.40. The third kappa shape index (κ3) is 6.63. The smallest absolute Gasteiger partial charge is 0.410 e. The van der Waals surface area contributed by atoms with Gasteiger partial charge < -0.3 is 15.0 Å². The molecule has 0 aromatic heterocycles. The second-order valence-electron chi connectivity index (χ2n) is 7.44. The quantitative estimate of drug-likeness (QED) is 0.793. The average Bonchev–Trinajstić information content (AvgIpc) is 2.59. The van der Waals surface area contributed by atoms with Crippen molar-refractivity contribution in [3.63, 3.8) is 0 Å². The minimum atomic E-state index is -0.474. The van der Waals surface area contributed by atoms with Gasteiger partial charge in [0.05, 0.1) is 0 Å². The van der Waals surface area contributed by atoms with E-state index in [1.165, 1.54) is 0 Å². The Morgan fingerprint density at radius 1 is 1.19 bits per heavy atom. The minimum Gasteiger partial charge on any atom is -0.444 e. The molecule has 0 aliphatic carbocycles. The number of amides is 2. The van der Waals surface area contributed by atoms with Crippen molar-refractivity contribution in [2.45, 2.75) is 39.2 Å². The van der Waals surface area contributed by atoms with Crippen LogP contribution in [0.4, 0.5) is 4.79 Å². The first kappa shape index (κ1) is 20.2. The van der Waals surface area contributed by atoms with Gasteiger partial charge >= 0.3 is 6.09 Å². The summed E-state index contributed by atoms with van der Waals surface area (Å²) in [6, 6.07) is 8.96. The van der Waals surface area contributed by atoms with Crippen LogP contribution in [-0.4, -0.2) is 47.2 Å². The number of ether oxygens (including phenoxy) is 1. The van der Waals surface area contributed by atoms with Crippen molar-refractivity contribution in [2.24, 2.45) is 5.92 Å². The predicted molar refractivity (Wildman–Crippen MR) is 105 cm³/mol. The zero-order valence-corrected chi connectivity index (χ0v) is 16.4. The number of benzene rings is 1. The Bertz CT molecular complexity index is 635. The van der Waals surface area contributed by atoms with E-state index < -0.39 is 5.60 Å². The van der Waals surface area contributed by atoms with E-state index in [0.717, 1.165) is 12.8 Å². The van der Waals surface area contributed by atoms with Gasteiger partial charge in [-0.15, -0.1) is 0 Å². The standard InChI is InChI=1S/C19H27N3O3S/c1-19(2,3)25-18(24)22-11-9-14(10-12-22)13-20-17(26)21-16(23)15-7-5-4-6-8-15/h4-8,14H,9-13H2,1-3H3,(H2,20,21,23,26). The van der Waals surface area contributed by atoms with Crippen molar-refractivity contribution in [3.05, 3.63) is 35.9 Å². The zero-order chi connectivity index (χ0) is 19.2. The number of hydrogen-bond acceptors (Lipinski definition) is 4. The number of nitrogens with zero attached hydrogens (tertiary/aromatic N) is 1. The van der Waals surface area contributed by atoms with Gasteiger partial charge in [0.1, 0.15) is 5.60 Å². The van der Waals surface area contributed by atoms with E-state index in [9.17, 15) is 9.59 Å². The molecule has 6 nitrogen and oxygen atoms in total. The Balaban J connectivity index is 1.69. The number of thiocarbonyl (C=S) groups is 1. The first-order chi connectivity index (χ1) is 12.2. The molecule has 142 valence electrons. The lowest BCUT2D eigenvalue weighted by molar-refractivity contribution is 0.0185. The molecule has 0 unspecified atom stereocenters. The second kappa shape index (κ2) is 8.98. The van der Waals surface area contributed by atoms with Gasteiger partial charge in [0.15, 0.2) is 5.11 Å². The minimum absolute atomic E-state index is 0.220. The Morgan fingerprint density at radius 2 is 1.81 bits per heavy atom. The molecular weight excluding hydrogens is 350 g/mol. The van der Waals surface area contributed by atoms with Gasteiger partial charge in [0.25, 0.3) is 5.91 Å². The summed E-state index contributed by atoms with van der Waals surface area (Å²) in [6.07, 6.45) is 1.50. The Kier molecular flexibility index (Phi) is 6.97. The van der Waals surface area contributed by atoms with Crippen LogP contribution in [0.1, 0.15) is 44.0 Å². The normalized spacial score (nSPS) is 15.3. The largest absolute Gasteiger partial charge is 0.444 e. The van der Waals surface area contributed by atoms with E-state index in [1.807, 2.05) is 39.0 Å². The molecule has 1 aliphatic heterocycles. The lowest BCUT2D eigenvalue weighted by atomic mass is 9.97. The molecule has 2 amide bonds. The lowest BCUT2D eigenvalue weighted by Gasteiger charge is -2.33. The van der Waals surface area contributed by atoms with Gasteiger partial charge in [-0.1, -0.05) is 18.2 Å². The van der Waals surface area contributed by atoms with Gasteiger partial charge in [-0.05, 0) is 63.9 Å². The highest BCUT2D eigenvalue weighted by atomic mass is 32.1. The van der Waals surface area contributed by atoms with Crippen LogP contribution in [-0.2, 0) is 4.74 Å². The molecule has 26 heavy (non-hydrogen) atoms. The van der Waals surface area contributed by atoms with Crippen LogP contribution >= 0.6 is 12.2 Å². The van der Waals surface area contributed by atoms with Gasteiger partial charge in [-0.3, -0.25) is 10.1 Å². The van der Waals surface area contributed by atoms with E-state index in [2.05, 4.69) is 10.6 Å². The first-order valence-corrected chi connectivity index (χ1v) is 9.27. The second-order valence-corrected chi connectivity index (χ2v) is 7.85. The summed E-state index contributed by atoms with van der Waals surface area (Å²) in [7, 11) is 0. The third-order valence-electron chi connectivity index (χ3n) is 4.08. The van der Waals surface area contributed by atoms with Crippen molar-refractivity contribution < 1.29 is 14.3 Å². The van der Waals surface area contributed by atoms with Gasteiger partial charge in [-0.2, -0.15) is 0 Å². The molecule has 1 heterocycles. The summed E-state index contributed by atoms with van der Waals surface area (Å²) in [6.45, 7) is 7.62. The highest BCUT2D eigenvalue weighted by molar-refractivity contribution is 7.80. The van der Waals surface area contributed by atoms with Crippen LogP contribution in [0, 0.1) is 5.92 Å². The van der Waals surface area contributed by atoms with E-state index in [4.69, 9.17) is 17.0 Å². The van der Waals surface area contributed by atoms with Crippen molar-refractivity contribution >= 4 is 29.3 Å². The van der Waals surface area contributed by atoms with Crippen LogP contribution in [0.2, 0.25) is 0 Å². The number of hydrogen-bond donors (Lipinski definition) is 2. The number of rotatable bonds is 3. The topological polar surface area (TPSA) is 70.7 Å². The number of piperidine rings is 1. The van der Waals surface area contributed by atoms with Crippen molar-refractivity contribution in [1.29, 1.82) is 0 Å². The van der Waals surface area contributed by atoms with E-state index in [0.29, 0.717) is 36.2 Å². The van der Waals surface area contributed by atoms with E-state index in [-0.39, 0.29) is 12.0 Å². The van der Waals surface area contributed by atoms with Crippen LogP contribution < -0.4 is 10.6 Å². The Labute approximate surface area is 160 Å². The molecule has 1 fully saturated rings. The fourth-order valence-electron chi connectivity index (χ4n) is 2.69. The Hall–Kier alpha value is -2.15. The fourth-order valence-corrected chi connectivity index (χ4v) is 2.87. The predicted octanol–water partition coefficient (Wildman–Crippen LogP) is 2.94. The molecule has 2 N–H and O–H groups in total. The highest BCUT2D eigenvalue weighted by Gasteiger charge is 2.26. The van der Waals surface area contributed by atoms with Gasteiger partial charge in [0.2, 0.25) is 0 Å². The maximum atomic E-state index is 12.1. The van der Waals surface area contributed by atoms with Gasteiger partial charge in [-0.25, -0.2) is 4.79 Å². The molecule has 0 radical (unpaired) electrons. The maximum absolute atomic E-state index is 12.1. The fraction of sp³-hybridized carbons (Fsp3) is 0.526.